The van der Waals surface area contributed by atoms with Crippen molar-refractivity contribution in [3.05, 3.63) is 0 Å². The highest BCUT2D eigenvalue weighted by molar-refractivity contribution is 5.88. The van der Waals surface area contributed by atoms with Gasteiger partial charge in [0.1, 0.15) is 11.4 Å². The Hall–Kier alpha value is -1.61. The molecule has 1 saturated carbocycles. The molecule has 0 aromatic heterocycles. The van der Waals surface area contributed by atoms with E-state index in [2.05, 4.69) is 11.4 Å². The van der Waals surface area contributed by atoms with Gasteiger partial charge in [0.2, 0.25) is 0 Å². The first-order chi connectivity index (χ1) is 9.22. The molecule has 2 rings (SSSR count). The number of nitrogens with zero attached hydrogens (tertiary/aromatic N) is 1. The molecule has 1 heterocycles. The van der Waals surface area contributed by atoms with E-state index in [0.29, 0.717) is 13.0 Å². The summed E-state index contributed by atoms with van der Waals surface area (Å²) in [6.45, 7) is 6.03. The molecule has 2 fully saturated rings. The molecule has 1 unspecified atom stereocenters. The van der Waals surface area contributed by atoms with Gasteiger partial charge in [0.05, 0.1) is 23.6 Å². The average Bonchev–Trinajstić information content (AvgIpc) is 2.71. The minimum atomic E-state index is -0.864. The van der Waals surface area contributed by atoms with Crippen LogP contribution in [-0.4, -0.2) is 36.2 Å². The summed E-state index contributed by atoms with van der Waals surface area (Å²) in [7, 11) is 0. The monoisotopic (exact) mass is 280 g/mol. The Morgan fingerprint density at radius 1 is 1.45 bits per heavy atom. The van der Waals surface area contributed by atoms with Gasteiger partial charge in [0.25, 0.3) is 0 Å². The molecular formula is C14H20N2O4. The molecule has 110 valence electrons. The molecule has 0 bridgehead atoms. The van der Waals surface area contributed by atoms with Crippen LogP contribution < -0.4 is 5.32 Å². The van der Waals surface area contributed by atoms with Crippen LogP contribution in [-0.2, 0) is 14.3 Å². The maximum Gasteiger partial charge on any atom is 0.408 e. The predicted octanol–water partition coefficient (Wildman–Crippen LogP) is 1.54. The number of ketones is 1. The van der Waals surface area contributed by atoms with E-state index in [1.807, 2.05) is 0 Å². The van der Waals surface area contributed by atoms with E-state index in [1.165, 1.54) is 0 Å². The number of amides is 1. The molecule has 1 aliphatic carbocycles. The van der Waals surface area contributed by atoms with Gasteiger partial charge in [-0.2, -0.15) is 5.26 Å². The van der Waals surface area contributed by atoms with Gasteiger partial charge in [0, 0.05) is 19.4 Å². The van der Waals surface area contributed by atoms with Crippen LogP contribution in [0.25, 0.3) is 0 Å². The molecular weight excluding hydrogens is 260 g/mol. The lowest BCUT2D eigenvalue weighted by Crippen LogP contribution is -2.65. The summed E-state index contributed by atoms with van der Waals surface area (Å²) >= 11 is 0. The van der Waals surface area contributed by atoms with Gasteiger partial charge in [-0.1, -0.05) is 0 Å². The third kappa shape index (κ3) is 2.50. The SMILES string of the molecule is CC(C)(C)OC(=O)NC1(C2(C#N)CC(=O)C2)CCOC1. The zero-order chi connectivity index (χ0) is 15.0. The zero-order valence-corrected chi connectivity index (χ0v) is 12.1. The van der Waals surface area contributed by atoms with Gasteiger partial charge in [-0.15, -0.1) is 0 Å². The average molecular weight is 280 g/mol. The molecule has 1 saturated heterocycles. The van der Waals surface area contributed by atoms with Crippen molar-refractivity contribution in [1.29, 1.82) is 5.26 Å². The summed E-state index contributed by atoms with van der Waals surface area (Å²) in [6, 6.07) is 2.23. The van der Waals surface area contributed by atoms with Crippen LogP contribution in [0.1, 0.15) is 40.0 Å². The third-order valence-electron chi connectivity index (χ3n) is 3.89. The second kappa shape index (κ2) is 4.74. The molecule has 1 amide bonds. The predicted molar refractivity (Wildman–Crippen MR) is 69.8 cm³/mol. The van der Waals surface area contributed by atoms with Gasteiger partial charge < -0.3 is 14.8 Å². The minimum Gasteiger partial charge on any atom is -0.444 e. The van der Waals surface area contributed by atoms with E-state index in [1.54, 1.807) is 20.8 Å². The molecule has 1 N–H and O–H groups in total. The molecule has 1 aliphatic heterocycles. The summed E-state index contributed by atoms with van der Waals surface area (Å²) in [4.78, 5) is 23.4. The second-order valence-corrected chi connectivity index (χ2v) is 6.60. The largest absolute Gasteiger partial charge is 0.444 e. The molecule has 0 radical (unpaired) electrons. The van der Waals surface area contributed by atoms with Crippen LogP contribution in [0.4, 0.5) is 4.79 Å². The topological polar surface area (TPSA) is 88.4 Å². The first kappa shape index (κ1) is 14.8. The van der Waals surface area contributed by atoms with E-state index in [4.69, 9.17) is 9.47 Å². The zero-order valence-electron chi connectivity index (χ0n) is 12.1. The number of Topliss-reactive ketones (excluding diaryl/α,β-unsaturated/α-hetero) is 1. The fraction of sp³-hybridized carbons (Fsp3) is 0.786. The summed E-state index contributed by atoms with van der Waals surface area (Å²) in [5, 5.41) is 12.3. The Morgan fingerprint density at radius 3 is 2.50 bits per heavy atom. The highest BCUT2D eigenvalue weighted by atomic mass is 16.6. The van der Waals surface area contributed by atoms with Gasteiger partial charge in [-0.3, -0.25) is 4.79 Å². The van der Waals surface area contributed by atoms with Crippen molar-refractivity contribution in [2.45, 2.75) is 51.2 Å². The standard InChI is InChI=1S/C14H20N2O4/c1-12(2,3)20-11(18)16-14(4-5-19-9-14)13(8-15)6-10(17)7-13/h4-7,9H2,1-3H3,(H,16,18). The Labute approximate surface area is 118 Å². The molecule has 20 heavy (non-hydrogen) atoms. The Bertz CT molecular complexity index is 459. The Morgan fingerprint density at radius 2 is 2.10 bits per heavy atom. The number of rotatable bonds is 2. The summed E-state index contributed by atoms with van der Waals surface area (Å²) < 4.78 is 10.6. The number of ether oxygens (including phenoxy) is 2. The third-order valence-corrected chi connectivity index (χ3v) is 3.89. The molecule has 6 nitrogen and oxygen atoms in total. The van der Waals surface area contributed by atoms with Crippen LogP contribution >= 0.6 is 0 Å². The van der Waals surface area contributed by atoms with Gasteiger partial charge >= 0.3 is 6.09 Å². The maximum atomic E-state index is 12.0. The van der Waals surface area contributed by atoms with Crippen LogP contribution in [0.3, 0.4) is 0 Å². The van der Waals surface area contributed by atoms with Crippen LogP contribution in [0.5, 0.6) is 0 Å². The Kier molecular flexibility index (Phi) is 3.51. The van der Waals surface area contributed by atoms with Crippen molar-refractivity contribution in [1.82, 2.24) is 5.32 Å². The quantitative estimate of drug-likeness (QED) is 0.829. The number of carbonyl (C=O) groups excluding carboxylic acids is 2. The normalized spacial score (nSPS) is 28.4. The first-order valence-corrected chi connectivity index (χ1v) is 6.74. The molecule has 2 aliphatic rings. The smallest absolute Gasteiger partial charge is 0.408 e. The lowest BCUT2D eigenvalue weighted by atomic mass is 9.57. The van der Waals surface area contributed by atoms with E-state index in [0.717, 1.165) is 0 Å². The van der Waals surface area contributed by atoms with E-state index >= 15 is 0 Å². The van der Waals surface area contributed by atoms with Crippen molar-refractivity contribution >= 4 is 11.9 Å². The molecule has 6 heteroatoms. The van der Waals surface area contributed by atoms with Crippen molar-refractivity contribution in [3.63, 3.8) is 0 Å². The van der Waals surface area contributed by atoms with Crippen molar-refractivity contribution < 1.29 is 19.1 Å². The lowest BCUT2D eigenvalue weighted by Gasteiger charge is -2.47. The fourth-order valence-electron chi connectivity index (χ4n) is 2.81. The number of hydrogen-bond donors (Lipinski definition) is 1. The van der Waals surface area contributed by atoms with Crippen LogP contribution in [0.15, 0.2) is 0 Å². The van der Waals surface area contributed by atoms with Crippen molar-refractivity contribution in [2.24, 2.45) is 5.41 Å². The van der Waals surface area contributed by atoms with Crippen molar-refractivity contribution in [2.75, 3.05) is 13.2 Å². The minimum absolute atomic E-state index is 0.0452. The number of nitriles is 1. The second-order valence-electron chi connectivity index (χ2n) is 6.60. The van der Waals surface area contributed by atoms with Gasteiger partial charge in [0.15, 0.2) is 0 Å². The van der Waals surface area contributed by atoms with E-state index < -0.39 is 22.6 Å². The molecule has 1 atom stereocenters. The lowest BCUT2D eigenvalue weighted by molar-refractivity contribution is -0.134. The summed E-state index contributed by atoms with van der Waals surface area (Å²) in [5.41, 5.74) is -2.30. The fourth-order valence-corrected chi connectivity index (χ4v) is 2.81. The highest BCUT2D eigenvalue weighted by Gasteiger charge is 2.61. The summed E-state index contributed by atoms with van der Waals surface area (Å²) in [5.74, 6) is 0.0452. The highest BCUT2D eigenvalue weighted by Crippen LogP contribution is 2.50. The van der Waals surface area contributed by atoms with Crippen LogP contribution in [0, 0.1) is 16.7 Å². The molecule has 0 aromatic carbocycles. The summed E-state index contributed by atoms with van der Waals surface area (Å²) in [6.07, 6.45) is 0.287. The molecule has 0 aromatic rings. The van der Waals surface area contributed by atoms with E-state index in [-0.39, 0.29) is 25.2 Å². The maximum absolute atomic E-state index is 12.0. The van der Waals surface area contributed by atoms with Gasteiger partial charge in [-0.05, 0) is 27.2 Å². The number of hydrogen-bond acceptors (Lipinski definition) is 5. The number of carbonyl (C=O) groups is 2. The Balaban J connectivity index is 2.17. The van der Waals surface area contributed by atoms with E-state index in [9.17, 15) is 14.9 Å². The van der Waals surface area contributed by atoms with Gasteiger partial charge in [-0.25, -0.2) is 4.79 Å². The number of nitrogens with one attached hydrogen (secondary N) is 1. The number of alkyl carbamates (subject to hydrolysis) is 1. The van der Waals surface area contributed by atoms with Crippen LogP contribution in [0.2, 0.25) is 0 Å². The van der Waals surface area contributed by atoms with Crippen molar-refractivity contribution in [3.8, 4) is 6.07 Å². The first-order valence-electron chi connectivity index (χ1n) is 6.74. The molecule has 0 spiro atoms.